The second-order valence-electron chi connectivity index (χ2n) is 11.6. The minimum absolute atomic E-state index is 0.0438. The van der Waals surface area contributed by atoms with Crippen molar-refractivity contribution in [3.05, 3.63) is 23.3 Å². The number of unbranched alkanes of at least 4 members (excludes halogenated alkanes) is 15. The maximum atomic E-state index is 13.4. The molecular formula is C35H66O8P2. The smallest absolute Gasteiger partial charge is 0.335 e. The molecule has 0 aromatic heterocycles. The average molecular weight is 677 g/mol. The molecule has 0 bridgehead atoms. The normalized spacial score (nSPS) is 12.1. The van der Waals surface area contributed by atoms with Crippen LogP contribution in [-0.4, -0.2) is 40.1 Å². The SMILES string of the molecule is CCCCCCCCCCCCCCCCCCOc1cc(CP(=O)(OCC)OCC)c(OC)cc1CP(=O)(OCC)OCC. The lowest BCUT2D eigenvalue weighted by Gasteiger charge is -2.22. The first-order chi connectivity index (χ1) is 21.8. The summed E-state index contributed by atoms with van der Waals surface area (Å²) in [4.78, 5) is 0. The molecule has 10 heteroatoms. The van der Waals surface area contributed by atoms with E-state index in [0.717, 1.165) is 12.8 Å². The van der Waals surface area contributed by atoms with Gasteiger partial charge in [-0.15, -0.1) is 0 Å². The molecule has 0 fully saturated rings. The van der Waals surface area contributed by atoms with Crippen molar-refractivity contribution in [2.24, 2.45) is 0 Å². The Morgan fingerprint density at radius 1 is 0.489 bits per heavy atom. The molecule has 0 aliphatic heterocycles. The van der Waals surface area contributed by atoms with Gasteiger partial charge in [-0.3, -0.25) is 9.13 Å². The molecule has 0 atom stereocenters. The lowest BCUT2D eigenvalue weighted by Crippen LogP contribution is -2.06. The van der Waals surface area contributed by atoms with Crippen molar-refractivity contribution in [2.75, 3.05) is 40.1 Å². The molecule has 1 aromatic rings. The fourth-order valence-corrected chi connectivity index (χ4v) is 8.93. The van der Waals surface area contributed by atoms with Crippen LogP contribution in [0, 0.1) is 0 Å². The third-order valence-corrected chi connectivity index (χ3v) is 11.8. The van der Waals surface area contributed by atoms with Gasteiger partial charge in [0.2, 0.25) is 0 Å². The van der Waals surface area contributed by atoms with Crippen LogP contribution in [-0.2, 0) is 39.5 Å². The molecule has 264 valence electrons. The molecule has 1 aromatic carbocycles. The van der Waals surface area contributed by atoms with Gasteiger partial charge in [-0.05, 0) is 46.2 Å². The molecule has 45 heavy (non-hydrogen) atoms. The van der Waals surface area contributed by atoms with E-state index in [0.29, 0.717) is 29.2 Å². The highest BCUT2D eigenvalue weighted by atomic mass is 31.2. The molecule has 0 N–H and O–H groups in total. The second-order valence-corrected chi connectivity index (χ2v) is 15.7. The van der Waals surface area contributed by atoms with Gasteiger partial charge in [-0.2, -0.15) is 0 Å². The van der Waals surface area contributed by atoms with E-state index < -0.39 is 15.2 Å². The molecule has 0 amide bonds. The van der Waals surface area contributed by atoms with Crippen LogP contribution in [0.3, 0.4) is 0 Å². The average Bonchev–Trinajstić information content (AvgIpc) is 3.00. The summed E-state index contributed by atoms with van der Waals surface area (Å²) < 4.78 is 60.9. The van der Waals surface area contributed by atoms with E-state index in [-0.39, 0.29) is 38.8 Å². The summed E-state index contributed by atoms with van der Waals surface area (Å²) in [6, 6.07) is 3.60. The Morgan fingerprint density at radius 3 is 1.18 bits per heavy atom. The Kier molecular flexibility index (Phi) is 24.5. The highest BCUT2D eigenvalue weighted by Crippen LogP contribution is 2.55. The van der Waals surface area contributed by atoms with Gasteiger partial charge in [-0.25, -0.2) is 0 Å². The zero-order valence-electron chi connectivity index (χ0n) is 29.6. The molecule has 1 rings (SSSR count). The predicted molar refractivity (Wildman–Crippen MR) is 187 cm³/mol. The third kappa shape index (κ3) is 18.9. The largest absolute Gasteiger partial charge is 0.496 e. The first kappa shape index (κ1) is 42.1. The van der Waals surface area contributed by atoms with Crippen molar-refractivity contribution in [3.63, 3.8) is 0 Å². The first-order valence-electron chi connectivity index (χ1n) is 17.9. The Balaban J connectivity index is 2.67. The first-order valence-corrected chi connectivity index (χ1v) is 21.3. The molecule has 0 unspecified atom stereocenters. The van der Waals surface area contributed by atoms with Crippen LogP contribution in [0.1, 0.15) is 148 Å². The molecule has 0 saturated heterocycles. The van der Waals surface area contributed by atoms with Crippen LogP contribution in [0.4, 0.5) is 0 Å². The van der Waals surface area contributed by atoms with Gasteiger partial charge in [0.25, 0.3) is 0 Å². The fourth-order valence-electron chi connectivity index (χ4n) is 5.51. The quantitative estimate of drug-likeness (QED) is 0.0567. The summed E-state index contributed by atoms with van der Waals surface area (Å²) in [5.41, 5.74) is 1.32. The third-order valence-electron chi connectivity index (χ3n) is 7.75. The lowest BCUT2D eigenvalue weighted by atomic mass is 10.0. The van der Waals surface area contributed by atoms with Crippen molar-refractivity contribution >= 4 is 15.2 Å². The van der Waals surface area contributed by atoms with E-state index in [9.17, 15) is 9.13 Å². The topological polar surface area (TPSA) is 89.5 Å². The number of methoxy groups -OCH3 is 1. The van der Waals surface area contributed by atoms with Crippen molar-refractivity contribution in [3.8, 4) is 11.5 Å². The molecule has 0 aliphatic carbocycles. The van der Waals surface area contributed by atoms with Gasteiger partial charge < -0.3 is 27.6 Å². The predicted octanol–water partition coefficient (Wildman–Crippen LogP) is 11.9. The van der Waals surface area contributed by atoms with Crippen LogP contribution >= 0.6 is 15.2 Å². The van der Waals surface area contributed by atoms with Gasteiger partial charge in [-0.1, -0.05) is 103 Å². The van der Waals surface area contributed by atoms with Gasteiger partial charge in [0.1, 0.15) is 11.5 Å². The van der Waals surface area contributed by atoms with Gasteiger partial charge in [0.15, 0.2) is 0 Å². The Morgan fingerprint density at radius 2 is 0.822 bits per heavy atom. The van der Waals surface area contributed by atoms with E-state index >= 15 is 0 Å². The summed E-state index contributed by atoms with van der Waals surface area (Å²) in [6.07, 6.45) is 21.1. The summed E-state index contributed by atoms with van der Waals surface area (Å²) >= 11 is 0. The molecule has 0 saturated carbocycles. The number of rotatable bonds is 31. The van der Waals surface area contributed by atoms with Crippen LogP contribution in [0.2, 0.25) is 0 Å². The number of hydrogen-bond donors (Lipinski definition) is 0. The molecule has 0 aliphatic rings. The fraction of sp³-hybridized carbons (Fsp3) is 0.829. The van der Waals surface area contributed by atoms with Gasteiger partial charge in [0, 0.05) is 11.1 Å². The maximum absolute atomic E-state index is 13.4. The second kappa shape index (κ2) is 26.1. The van der Waals surface area contributed by atoms with Crippen LogP contribution in [0.25, 0.3) is 0 Å². The standard InChI is InChI=1S/C35H66O8P2/c1-7-12-13-14-15-16-17-18-19-20-21-22-23-24-25-26-27-39-35-29-32(30-44(36,40-8-2)41-9-3)34(38-6)28-33(35)31-45(37,42-10-4)43-11-5/h28-29H,7-27,30-31H2,1-6H3. The summed E-state index contributed by atoms with van der Waals surface area (Å²) in [6.45, 7) is 11.1. The molecule has 0 spiro atoms. The lowest BCUT2D eigenvalue weighted by molar-refractivity contribution is 0.217. The van der Waals surface area contributed by atoms with E-state index in [2.05, 4.69) is 6.92 Å². The van der Waals surface area contributed by atoms with Gasteiger partial charge in [0.05, 0.1) is 52.5 Å². The van der Waals surface area contributed by atoms with E-state index in [1.165, 1.54) is 89.9 Å². The monoisotopic (exact) mass is 676 g/mol. The molecule has 0 radical (unpaired) electrons. The minimum atomic E-state index is -3.39. The highest BCUT2D eigenvalue weighted by Gasteiger charge is 2.30. The van der Waals surface area contributed by atoms with E-state index in [1.54, 1.807) is 40.9 Å². The molecular weight excluding hydrogens is 610 g/mol. The molecule has 0 heterocycles. The molecule has 8 nitrogen and oxygen atoms in total. The number of benzene rings is 1. The van der Waals surface area contributed by atoms with Crippen LogP contribution in [0.5, 0.6) is 11.5 Å². The van der Waals surface area contributed by atoms with E-state index in [4.69, 9.17) is 27.6 Å². The summed E-state index contributed by atoms with van der Waals surface area (Å²) in [7, 11) is -5.22. The van der Waals surface area contributed by atoms with Gasteiger partial charge >= 0.3 is 15.2 Å². The zero-order valence-corrected chi connectivity index (χ0v) is 31.4. The Bertz CT molecular complexity index is 951. The highest BCUT2D eigenvalue weighted by molar-refractivity contribution is 7.53. The number of ether oxygens (including phenoxy) is 2. The number of hydrogen-bond acceptors (Lipinski definition) is 8. The summed E-state index contributed by atoms with van der Waals surface area (Å²) in [5.74, 6) is 1.06. The Labute approximate surface area is 276 Å². The zero-order chi connectivity index (χ0) is 33.2. The van der Waals surface area contributed by atoms with Crippen molar-refractivity contribution in [1.29, 1.82) is 0 Å². The van der Waals surface area contributed by atoms with Crippen LogP contribution < -0.4 is 9.47 Å². The van der Waals surface area contributed by atoms with Crippen molar-refractivity contribution in [2.45, 2.75) is 150 Å². The van der Waals surface area contributed by atoms with Crippen molar-refractivity contribution < 1.29 is 36.7 Å². The van der Waals surface area contributed by atoms with E-state index in [1.807, 2.05) is 6.07 Å². The summed E-state index contributed by atoms with van der Waals surface area (Å²) in [5, 5.41) is 0. The Hall–Kier alpha value is -0.880. The van der Waals surface area contributed by atoms with Crippen LogP contribution in [0.15, 0.2) is 12.1 Å². The maximum Gasteiger partial charge on any atom is 0.335 e. The van der Waals surface area contributed by atoms with Crippen molar-refractivity contribution in [1.82, 2.24) is 0 Å². The minimum Gasteiger partial charge on any atom is -0.496 e.